The Balaban J connectivity index is 2.08. The number of ether oxygens (including phenoxy) is 1. The van der Waals surface area contributed by atoms with Crippen molar-refractivity contribution >= 4 is 27.0 Å². The van der Waals surface area contributed by atoms with Crippen LogP contribution in [0.4, 0.5) is 0 Å². The van der Waals surface area contributed by atoms with Crippen LogP contribution in [0.15, 0.2) is 40.9 Å². The lowest BCUT2D eigenvalue weighted by atomic mass is 10.2. The van der Waals surface area contributed by atoms with Crippen LogP contribution in [-0.4, -0.2) is 21.7 Å². The van der Waals surface area contributed by atoms with Gasteiger partial charge in [-0.3, -0.25) is 0 Å². The van der Waals surface area contributed by atoms with Crippen LogP contribution >= 0.6 is 15.9 Å². The van der Waals surface area contributed by atoms with Gasteiger partial charge in [-0.25, -0.2) is 4.98 Å². The molecule has 0 fully saturated rings. The molecule has 0 aliphatic rings. The van der Waals surface area contributed by atoms with Crippen LogP contribution in [0.5, 0.6) is 11.5 Å². The van der Waals surface area contributed by atoms with Crippen LogP contribution in [-0.2, 0) is 0 Å². The number of aromatic hydroxyl groups is 1. The SMILES string of the molecule is CCOc1cc(-c2nc3ccc(Br)cc3[nH]2)ccc1O. The highest BCUT2D eigenvalue weighted by atomic mass is 79.9. The van der Waals surface area contributed by atoms with Crippen molar-refractivity contribution in [1.82, 2.24) is 9.97 Å². The predicted molar refractivity (Wildman–Crippen MR) is 82.1 cm³/mol. The average molecular weight is 333 g/mol. The maximum atomic E-state index is 9.73. The number of phenols is 1. The van der Waals surface area contributed by atoms with E-state index in [0.29, 0.717) is 12.4 Å². The van der Waals surface area contributed by atoms with E-state index in [4.69, 9.17) is 4.74 Å². The molecule has 0 aliphatic heterocycles. The minimum Gasteiger partial charge on any atom is -0.504 e. The quantitative estimate of drug-likeness (QED) is 0.759. The summed E-state index contributed by atoms with van der Waals surface area (Å²) >= 11 is 3.44. The van der Waals surface area contributed by atoms with Gasteiger partial charge in [0, 0.05) is 10.0 Å². The van der Waals surface area contributed by atoms with Crippen molar-refractivity contribution in [2.45, 2.75) is 6.92 Å². The van der Waals surface area contributed by atoms with Gasteiger partial charge in [-0.15, -0.1) is 0 Å². The molecule has 2 aromatic carbocycles. The molecule has 20 heavy (non-hydrogen) atoms. The number of nitrogens with zero attached hydrogens (tertiary/aromatic N) is 1. The highest BCUT2D eigenvalue weighted by Crippen LogP contribution is 2.31. The van der Waals surface area contributed by atoms with Gasteiger partial charge in [0.25, 0.3) is 0 Å². The predicted octanol–water partition coefficient (Wildman–Crippen LogP) is 4.10. The molecule has 0 bridgehead atoms. The van der Waals surface area contributed by atoms with E-state index in [1.807, 2.05) is 31.2 Å². The van der Waals surface area contributed by atoms with Crippen molar-refractivity contribution < 1.29 is 9.84 Å². The van der Waals surface area contributed by atoms with Gasteiger partial charge in [0.1, 0.15) is 5.82 Å². The zero-order valence-corrected chi connectivity index (χ0v) is 12.4. The van der Waals surface area contributed by atoms with Crippen molar-refractivity contribution in [3.8, 4) is 22.9 Å². The number of aromatic nitrogens is 2. The second-order valence-corrected chi connectivity index (χ2v) is 5.28. The topological polar surface area (TPSA) is 58.1 Å². The summed E-state index contributed by atoms with van der Waals surface area (Å²) < 4.78 is 6.39. The van der Waals surface area contributed by atoms with Crippen LogP contribution in [0, 0.1) is 0 Å². The fourth-order valence-corrected chi connectivity index (χ4v) is 2.41. The number of fused-ring (bicyclic) bond motifs is 1. The Bertz CT molecular complexity index is 768. The molecule has 2 N–H and O–H groups in total. The molecular weight excluding hydrogens is 320 g/mol. The van der Waals surface area contributed by atoms with E-state index in [1.165, 1.54) is 0 Å². The molecule has 0 unspecified atom stereocenters. The van der Waals surface area contributed by atoms with E-state index in [0.717, 1.165) is 26.9 Å². The highest BCUT2D eigenvalue weighted by Gasteiger charge is 2.09. The van der Waals surface area contributed by atoms with Gasteiger partial charge in [0.15, 0.2) is 11.5 Å². The first-order valence-electron chi connectivity index (χ1n) is 6.29. The van der Waals surface area contributed by atoms with Gasteiger partial charge in [0.2, 0.25) is 0 Å². The molecule has 5 heteroatoms. The summed E-state index contributed by atoms with van der Waals surface area (Å²) in [6, 6.07) is 11.1. The maximum absolute atomic E-state index is 9.73. The summed E-state index contributed by atoms with van der Waals surface area (Å²) in [5.41, 5.74) is 2.73. The second-order valence-electron chi connectivity index (χ2n) is 4.36. The summed E-state index contributed by atoms with van der Waals surface area (Å²) in [4.78, 5) is 7.80. The third-order valence-electron chi connectivity index (χ3n) is 2.98. The number of hydrogen-bond donors (Lipinski definition) is 2. The van der Waals surface area contributed by atoms with Gasteiger partial charge in [-0.1, -0.05) is 15.9 Å². The largest absolute Gasteiger partial charge is 0.504 e. The summed E-state index contributed by atoms with van der Waals surface area (Å²) in [6.45, 7) is 2.38. The number of rotatable bonds is 3. The van der Waals surface area contributed by atoms with Crippen molar-refractivity contribution in [3.05, 3.63) is 40.9 Å². The molecule has 1 aromatic heterocycles. The first kappa shape index (κ1) is 13.0. The first-order chi connectivity index (χ1) is 9.67. The number of hydrogen-bond acceptors (Lipinski definition) is 3. The number of imidazole rings is 1. The molecule has 0 saturated heterocycles. The lowest BCUT2D eigenvalue weighted by Crippen LogP contribution is -1.92. The first-order valence-corrected chi connectivity index (χ1v) is 7.08. The molecule has 1 heterocycles. The maximum Gasteiger partial charge on any atom is 0.161 e. The fourth-order valence-electron chi connectivity index (χ4n) is 2.05. The number of H-pyrrole nitrogens is 1. The Kier molecular flexibility index (Phi) is 3.36. The van der Waals surface area contributed by atoms with Gasteiger partial charge in [-0.2, -0.15) is 0 Å². The monoisotopic (exact) mass is 332 g/mol. The third kappa shape index (κ3) is 2.36. The summed E-state index contributed by atoms with van der Waals surface area (Å²) in [5.74, 6) is 1.35. The van der Waals surface area contributed by atoms with Crippen LogP contribution in [0.3, 0.4) is 0 Å². The number of phenolic OH excluding ortho intramolecular Hbond substituents is 1. The van der Waals surface area contributed by atoms with E-state index in [2.05, 4.69) is 25.9 Å². The Morgan fingerprint density at radius 3 is 2.90 bits per heavy atom. The average Bonchev–Trinajstić information content (AvgIpc) is 2.84. The van der Waals surface area contributed by atoms with E-state index in [1.54, 1.807) is 12.1 Å². The number of aromatic amines is 1. The number of benzene rings is 2. The Morgan fingerprint density at radius 1 is 1.25 bits per heavy atom. The molecule has 3 rings (SSSR count). The Labute approximate surface area is 124 Å². The Morgan fingerprint density at radius 2 is 2.10 bits per heavy atom. The zero-order valence-electron chi connectivity index (χ0n) is 10.9. The van der Waals surface area contributed by atoms with Crippen LogP contribution in [0.1, 0.15) is 6.92 Å². The lowest BCUT2D eigenvalue weighted by molar-refractivity contribution is 0.318. The molecule has 102 valence electrons. The fraction of sp³-hybridized carbons (Fsp3) is 0.133. The highest BCUT2D eigenvalue weighted by molar-refractivity contribution is 9.10. The van der Waals surface area contributed by atoms with Crippen LogP contribution < -0.4 is 4.74 Å². The van der Waals surface area contributed by atoms with Crippen molar-refractivity contribution in [1.29, 1.82) is 0 Å². The summed E-state index contributed by atoms with van der Waals surface area (Å²) in [5, 5.41) is 9.73. The van der Waals surface area contributed by atoms with Gasteiger partial charge in [-0.05, 0) is 43.3 Å². The van der Waals surface area contributed by atoms with E-state index < -0.39 is 0 Å². The molecule has 0 amide bonds. The standard InChI is InChI=1S/C15H13BrN2O2/c1-2-20-14-7-9(3-6-13(14)19)15-17-11-5-4-10(16)8-12(11)18-15/h3-8,19H,2H2,1H3,(H,17,18). The Hall–Kier alpha value is -2.01. The molecule has 0 saturated carbocycles. The van der Waals surface area contributed by atoms with E-state index in [9.17, 15) is 5.11 Å². The van der Waals surface area contributed by atoms with E-state index >= 15 is 0 Å². The summed E-state index contributed by atoms with van der Waals surface area (Å²) in [6.07, 6.45) is 0. The normalized spacial score (nSPS) is 10.9. The second kappa shape index (κ2) is 5.17. The smallest absolute Gasteiger partial charge is 0.161 e. The zero-order chi connectivity index (χ0) is 14.1. The van der Waals surface area contributed by atoms with Crippen LogP contribution in [0.25, 0.3) is 22.4 Å². The molecule has 3 aromatic rings. The lowest BCUT2D eigenvalue weighted by Gasteiger charge is -2.06. The molecule has 0 radical (unpaired) electrons. The van der Waals surface area contributed by atoms with Crippen molar-refractivity contribution in [2.24, 2.45) is 0 Å². The number of nitrogens with one attached hydrogen (secondary N) is 1. The minimum atomic E-state index is 0.134. The molecule has 0 spiro atoms. The van der Waals surface area contributed by atoms with Gasteiger partial charge in [0.05, 0.1) is 17.6 Å². The number of halogens is 1. The third-order valence-corrected chi connectivity index (χ3v) is 3.47. The summed E-state index contributed by atoms with van der Waals surface area (Å²) in [7, 11) is 0. The minimum absolute atomic E-state index is 0.134. The van der Waals surface area contributed by atoms with Gasteiger partial charge >= 0.3 is 0 Å². The molecule has 4 nitrogen and oxygen atoms in total. The van der Waals surface area contributed by atoms with Crippen LogP contribution in [0.2, 0.25) is 0 Å². The molecule has 0 aliphatic carbocycles. The molecular formula is C15H13BrN2O2. The van der Waals surface area contributed by atoms with Gasteiger partial charge < -0.3 is 14.8 Å². The van der Waals surface area contributed by atoms with Crippen molar-refractivity contribution in [3.63, 3.8) is 0 Å². The molecule has 0 atom stereocenters. The van der Waals surface area contributed by atoms with Crippen molar-refractivity contribution in [2.75, 3.05) is 6.61 Å². The van der Waals surface area contributed by atoms with E-state index in [-0.39, 0.29) is 5.75 Å².